The van der Waals surface area contributed by atoms with Crippen LogP contribution in [0.5, 0.6) is 0 Å². The second-order valence-electron chi connectivity index (χ2n) is 3.60. The predicted molar refractivity (Wildman–Crippen MR) is 48.6 cm³/mol. The molecule has 0 aliphatic heterocycles. The summed E-state index contributed by atoms with van der Waals surface area (Å²) in [4.78, 5) is 0. The molecule has 5 nitrogen and oxygen atoms in total. The lowest BCUT2D eigenvalue weighted by Gasteiger charge is -2.26. The number of hydrogen-bond acceptors (Lipinski definition) is 4. The van der Waals surface area contributed by atoms with Gasteiger partial charge in [-0.2, -0.15) is 34.8 Å². The molecule has 0 radical (unpaired) electrons. The van der Waals surface area contributed by atoms with Crippen LogP contribution in [0.4, 0.5) is 26.3 Å². The quantitative estimate of drug-likeness (QED) is 0.574. The zero-order valence-electron chi connectivity index (χ0n) is 9.54. The van der Waals surface area contributed by atoms with Crippen LogP contribution in [0.1, 0.15) is 13.8 Å². The van der Waals surface area contributed by atoms with Gasteiger partial charge in [-0.1, -0.05) is 0 Å². The average Bonchev–Trinajstić information content (AvgIpc) is 2.11. The van der Waals surface area contributed by atoms with E-state index in [1.54, 1.807) is 0 Å². The zero-order valence-corrected chi connectivity index (χ0v) is 10.4. The average molecular weight is 320 g/mol. The van der Waals surface area contributed by atoms with E-state index in [-0.39, 0.29) is 0 Å². The highest BCUT2D eigenvalue weighted by Crippen LogP contribution is 2.40. The summed E-state index contributed by atoms with van der Waals surface area (Å²) in [5, 5.41) is -6.08. The molecule has 0 bridgehead atoms. The van der Waals surface area contributed by atoms with Gasteiger partial charge in [-0.3, -0.25) is 4.55 Å². The largest absolute Gasteiger partial charge is 0.459 e. The normalized spacial score (nSPS) is 15.1. The minimum absolute atomic E-state index is 1.11. The van der Waals surface area contributed by atoms with Crippen LogP contribution in [0.3, 0.4) is 0 Å². The summed E-state index contributed by atoms with van der Waals surface area (Å²) in [6, 6.07) is 0. The van der Waals surface area contributed by atoms with Crippen LogP contribution in [-0.4, -0.2) is 43.2 Å². The van der Waals surface area contributed by atoms with Crippen molar-refractivity contribution >= 4 is 10.1 Å². The van der Waals surface area contributed by atoms with Crippen molar-refractivity contribution in [1.82, 2.24) is 0 Å². The van der Waals surface area contributed by atoms with Gasteiger partial charge in [0.15, 0.2) is 0 Å². The van der Waals surface area contributed by atoms with Gasteiger partial charge in [-0.05, 0) is 13.8 Å². The molecule has 0 aliphatic carbocycles. The molecule has 0 fully saturated rings. The molecule has 0 aromatic heterocycles. The van der Waals surface area contributed by atoms with E-state index in [2.05, 4.69) is 9.47 Å². The van der Waals surface area contributed by atoms with Gasteiger partial charge in [-0.25, -0.2) is 0 Å². The predicted octanol–water partition coefficient (Wildman–Crippen LogP) is 2.09. The Labute approximate surface area is 104 Å². The lowest BCUT2D eigenvalue weighted by atomic mass is 10.5. The molecule has 0 aromatic rings. The van der Waals surface area contributed by atoms with Crippen molar-refractivity contribution < 1.29 is 48.8 Å². The number of hydrogen-bond donors (Lipinski definition) is 1. The highest BCUT2D eigenvalue weighted by molar-refractivity contribution is 7.86. The molecule has 0 spiro atoms. The monoisotopic (exact) mass is 320 g/mol. The van der Waals surface area contributed by atoms with Crippen LogP contribution in [0.25, 0.3) is 0 Å². The molecule has 12 heteroatoms. The summed E-state index contributed by atoms with van der Waals surface area (Å²) < 4.78 is 111. The third-order valence-electron chi connectivity index (χ3n) is 1.49. The molecule has 0 aromatic carbocycles. The van der Waals surface area contributed by atoms with E-state index in [1.165, 1.54) is 0 Å². The molecule has 116 valence electrons. The Morgan fingerprint density at radius 2 is 1.53 bits per heavy atom. The van der Waals surface area contributed by atoms with E-state index in [0.29, 0.717) is 0 Å². The Morgan fingerprint density at radius 3 is 1.84 bits per heavy atom. The summed E-state index contributed by atoms with van der Waals surface area (Å²) in [5.41, 5.74) is 0. The lowest BCUT2D eigenvalue weighted by molar-refractivity contribution is -0.365. The van der Waals surface area contributed by atoms with Crippen LogP contribution >= 0.6 is 0 Å². The van der Waals surface area contributed by atoms with Crippen molar-refractivity contribution in [3.05, 3.63) is 0 Å². The fourth-order valence-corrected chi connectivity index (χ4v) is 1.15. The van der Waals surface area contributed by atoms with Crippen molar-refractivity contribution in [3.8, 4) is 0 Å². The number of alkyl halides is 6. The number of rotatable bonds is 7. The summed E-state index contributed by atoms with van der Waals surface area (Å²) in [6.45, 7) is -0.110. The fourth-order valence-electron chi connectivity index (χ4n) is 0.788. The van der Waals surface area contributed by atoms with Gasteiger partial charge in [-0.15, -0.1) is 0 Å². The van der Waals surface area contributed by atoms with E-state index in [9.17, 15) is 34.8 Å². The van der Waals surface area contributed by atoms with Crippen molar-refractivity contribution in [2.24, 2.45) is 0 Å². The van der Waals surface area contributed by atoms with E-state index in [4.69, 9.17) is 4.55 Å². The minimum Gasteiger partial charge on any atom is -0.316 e. The number of ether oxygens (including phenoxy) is 2. The van der Waals surface area contributed by atoms with Gasteiger partial charge < -0.3 is 9.47 Å². The van der Waals surface area contributed by atoms with Crippen LogP contribution in [0.15, 0.2) is 0 Å². The third kappa shape index (κ3) is 4.78. The molecular formula is C7H10F6O5S. The highest BCUT2D eigenvalue weighted by Gasteiger charge is 2.68. The molecule has 0 atom stereocenters. The van der Waals surface area contributed by atoms with Crippen molar-refractivity contribution in [2.75, 3.05) is 6.61 Å². The van der Waals surface area contributed by atoms with Crippen LogP contribution < -0.4 is 0 Å². The number of halogens is 6. The Bertz CT molecular complexity index is 406. The summed E-state index contributed by atoms with van der Waals surface area (Å²) in [6.07, 6.45) is -11.3. The summed E-state index contributed by atoms with van der Waals surface area (Å²) >= 11 is 0. The molecule has 0 amide bonds. The maximum Gasteiger partial charge on any atom is 0.459 e. The van der Waals surface area contributed by atoms with Crippen LogP contribution in [0.2, 0.25) is 0 Å². The van der Waals surface area contributed by atoms with Gasteiger partial charge in [0.05, 0.1) is 6.10 Å². The Kier molecular flexibility index (Phi) is 5.25. The first-order chi connectivity index (χ1) is 8.12. The maximum absolute atomic E-state index is 12.8. The molecule has 19 heavy (non-hydrogen) atoms. The lowest BCUT2D eigenvalue weighted by Crippen LogP contribution is -2.50. The fraction of sp³-hybridized carbons (Fsp3) is 1.00. The van der Waals surface area contributed by atoms with Crippen LogP contribution in [-0.2, 0) is 19.6 Å². The highest BCUT2D eigenvalue weighted by atomic mass is 32.2. The van der Waals surface area contributed by atoms with Crippen molar-refractivity contribution in [3.63, 3.8) is 0 Å². The van der Waals surface area contributed by atoms with Gasteiger partial charge >= 0.3 is 27.6 Å². The molecule has 0 saturated carbocycles. The molecular weight excluding hydrogens is 310 g/mol. The van der Waals surface area contributed by atoms with E-state index in [0.717, 1.165) is 13.8 Å². The van der Waals surface area contributed by atoms with Crippen molar-refractivity contribution in [1.29, 1.82) is 0 Å². The topological polar surface area (TPSA) is 72.8 Å². The summed E-state index contributed by atoms with van der Waals surface area (Å²) in [7, 11) is -6.54. The second-order valence-corrected chi connectivity index (χ2v) is 5.06. The molecule has 1 N–H and O–H groups in total. The first-order valence-corrected chi connectivity index (χ1v) is 5.98. The molecule has 0 unspecified atom stereocenters. The first kappa shape index (κ1) is 18.4. The van der Waals surface area contributed by atoms with Gasteiger partial charge in [0.2, 0.25) is 0 Å². The summed E-state index contributed by atoms with van der Waals surface area (Å²) in [5.74, 6) is 0. The van der Waals surface area contributed by atoms with Gasteiger partial charge in [0.25, 0.3) is 0 Å². The van der Waals surface area contributed by atoms with Crippen LogP contribution in [0, 0.1) is 0 Å². The Balaban J connectivity index is 4.90. The van der Waals surface area contributed by atoms with Crippen molar-refractivity contribution in [2.45, 2.75) is 37.4 Å². The second kappa shape index (κ2) is 5.42. The SMILES string of the molecule is CC(C)OC(F)(F)COC(F)(F)C(F)(F)S(=O)(=O)O. The molecule has 0 saturated heterocycles. The molecule has 0 rings (SSSR count). The Morgan fingerprint density at radius 1 is 1.11 bits per heavy atom. The standard InChI is InChI=1S/C7H10F6O5S/c1-4(2)18-5(8,9)3-17-6(10,11)7(12,13)19(14,15)16/h4H,3H2,1-2H3,(H,14,15,16). The maximum atomic E-state index is 12.8. The van der Waals surface area contributed by atoms with E-state index < -0.39 is 40.3 Å². The van der Waals surface area contributed by atoms with E-state index >= 15 is 0 Å². The smallest absolute Gasteiger partial charge is 0.316 e. The third-order valence-corrected chi connectivity index (χ3v) is 2.38. The Hall–Kier alpha value is -0.590. The molecule has 0 heterocycles. The van der Waals surface area contributed by atoms with E-state index in [1.807, 2.05) is 0 Å². The first-order valence-electron chi connectivity index (χ1n) is 4.54. The minimum atomic E-state index is -6.54. The zero-order chi connectivity index (χ0) is 15.7. The van der Waals surface area contributed by atoms with Gasteiger partial charge in [0, 0.05) is 0 Å². The van der Waals surface area contributed by atoms with Gasteiger partial charge in [0.1, 0.15) is 6.61 Å². The molecule has 0 aliphatic rings.